The van der Waals surface area contributed by atoms with E-state index >= 15 is 0 Å². The summed E-state index contributed by atoms with van der Waals surface area (Å²) in [5.41, 5.74) is 10.5. The van der Waals surface area contributed by atoms with Crippen molar-refractivity contribution in [3.05, 3.63) is 74.2 Å². The smallest absolute Gasteiger partial charge is 0.283 e. The first-order chi connectivity index (χ1) is 14.0. The maximum Gasteiger partial charge on any atom is 0.283 e. The van der Waals surface area contributed by atoms with Crippen molar-refractivity contribution in [1.82, 2.24) is 10.4 Å². The van der Waals surface area contributed by atoms with Crippen LogP contribution in [0.2, 0.25) is 10.0 Å². The van der Waals surface area contributed by atoms with Crippen LogP contribution in [0.15, 0.2) is 47.6 Å². The van der Waals surface area contributed by atoms with E-state index in [9.17, 15) is 4.79 Å². The van der Waals surface area contributed by atoms with Gasteiger partial charge < -0.3 is 10.5 Å². The van der Waals surface area contributed by atoms with Gasteiger partial charge in [-0.05, 0) is 48.4 Å². The Morgan fingerprint density at radius 1 is 1.28 bits per heavy atom. The number of aromatic nitrogens is 1. The number of carbonyl (C=O) groups excluding carboxylic acids is 1. The maximum atomic E-state index is 12.2. The van der Waals surface area contributed by atoms with Crippen LogP contribution in [0.25, 0.3) is 0 Å². The lowest BCUT2D eigenvalue weighted by Crippen LogP contribution is -2.17. The molecule has 29 heavy (non-hydrogen) atoms. The third-order valence-electron chi connectivity index (χ3n) is 3.92. The van der Waals surface area contributed by atoms with Crippen molar-refractivity contribution < 1.29 is 9.53 Å². The summed E-state index contributed by atoms with van der Waals surface area (Å²) in [6.45, 7) is 2.25. The van der Waals surface area contributed by atoms with Crippen LogP contribution in [0.5, 0.6) is 5.75 Å². The maximum absolute atomic E-state index is 12.2. The second kappa shape index (κ2) is 9.73. The summed E-state index contributed by atoms with van der Waals surface area (Å²) in [6, 6.07) is 12.6. The number of aryl methyl sites for hydroxylation is 1. The fourth-order valence-electron chi connectivity index (χ4n) is 2.45. The first kappa shape index (κ1) is 21.1. The van der Waals surface area contributed by atoms with Crippen LogP contribution in [-0.2, 0) is 13.0 Å². The Morgan fingerprint density at radius 2 is 2.03 bits per heavy atom. The Bertz CT molecular complexity index is 1040. The molecule has 1 amide bonds. The fraction of sp³-hybridized carbons (Fsp3) is 0.150. The molecule has 0 unspecified atom stereocenters. The number of nitrogen functional groups attached to an aromatic ring is 1. The Balaban J connectivity index is 1.55. The first-order valence-electron chi connectivity index (χ1n) is 8.71. The van der Waals surface area contributed by atoms with E-state index in [4.69, 9.17) is 33.7 Å². The van der Waals surface area contributed by atoms with Crippen molar-refractivity contribution in [3.8, 4) is 5.75 Å². The summed E-state index contributed by atoms with van der Waals surface area (Å²) >= 11 is 13.2. The van der Waals surface area contributed by atoms with Gasteiger partial charge in [-0.15, -0.1) is 0 Å². The van der Waals surface area contributed by atoms with Crippen molar-refractivity contribution in [2.24, 2.45) is 5.10 Å². The molecule has 2 aromatic carbocycles. The molecule has 0 atom stereocenters. The summed E-state index contributed by atoms with van der Waals surface area (Å²) in [5, 5.41) is 5.50. The molecule has 0 saturated heterocycles. The Kier molecular flexibility index (Phi) is 7.09. The Hall–Kier alpha value is -2.61. The largest absolute Gasteiger partial charge is 0.489 e. The molecule has 0 spiro atoms. The molecular formula is C20H18Cl2N4O2S. The van der Waals surface area contributed by atoms with Gasteiger partial charge in [-0.3, -0.25) is 4.79 Å². The van der Waals surface area contributed by atoms with Gasteiger partial charge in [0.05, 0.1) is 11.9 Å². The number of anilines is 1. The summed E-state index contributed by atoms with van der Waals surface area (Å²) in [6.07, 6.45) is 2.18. The standard InChI is InChI=1S/C20H18Cl2N4O2S/c1-2-17-18(29-20(23)25-17)19(27)26-24-10-12-3-7-15(8-4-12)28-11-13-5-6-14(21)9-16(13)22/h3-10H,2,11H2,1H3,(H2,23,25)(H,26,27)/b24-10+. The molecule has 3 rings (SSSR count). The van der Waals surface area contributed by atoms with Crippen LogP contribution in [0.4, 0.5) is 5.13 Å². The normalized spacial score (nSPS) is 11.0. The zero-order valence-corrected chi connectivity index (χ0v) is 17.8. The lowest BCUT2D eigenvalue weighted by Gasteiger charge is -2.08. The average molecular weight is 449 g/mol. The van der Waals surface area contributed by atoms with Crippen molar-refractivity contribution in [1.29, 1.82) is 0 Å². The summed E-state index contributed by atoms with van der Waals surface area (Å²) in [7, 11) is 0. The molecule has 1 heterocycles. The van der Waals surface area contributed by atoms with Crippen LogP contribution in [0.1, 0.15) is 33.4 Å². The highest BCUT2D eigenvalue weighted by molar-refractivity contribution is 7.17. The number of hydrogen-bond donors (Lipinski definition) is 2. The molecule has 0 aliphatic carbocycles. The highest BCUT2D eigenvalue weighted by Crippen LogP contribution is 2.23. The SMILES string of the molecule is CCc1nc(N)sc1C(=O)N/N=C/c1ccc(OCc2ccc(Cl)cc2Cl)cc1. The van der Waals surface area contributed by atoms with Crippen LogP contribution >= 0.6 is 34.5 Å². The second-order valence-electron chi connectivity index (χ2n) is 5.97. The quantitative estimate of drug-likeness (QED) is 0.395. The van der Waals surface area contributed by atoms with Gasteiger partial charge in [0.25, 0.3) is 5.91 Å². The summed E-state index contributed by atoms with van der Waals surface area (Å²) < 4.78 is 5.74. The monoisotopic (exact) mass is 448 g/mol. The molecule has 150 valence electrons. The zero-order valence-electron chi connectivity index (χ0n) is 15.5. The number of ether oxygens (including phenoxy) is 1. The van der Waals surface area contributed by atoms with Gasteiger partial charge in [-0.2, -0.15) is 5.10 Å². The third kappa shape index (κ3) is 5.69. The number of thiazole rings is 1. The number of hydrogen-bond acceptors (Lipinski definition) is 6. The molecule has 0 aliphatic heterocycles. The fourth-order valence-corrected chi connectivity index (χ4v) is 3.73. The molecule has 0 radical (unpaired) electrons. The van der Waals surface area contributed by atoms with E-state index in [1.807, 2.05) is 37.3 Å². The van der Waals surface area contributed by atoms with Gasteiger partial charge >= 0.3 is 0 Å². The van der Waals surface area contributed by atoms with Crippen LogP contribution in [-0.4, -0.2) is 17.1 Å². The van der Waals surface area contributed by atoms with Crippen molar-refractivity contribution in [3.63, 3.8) is 0 Å². The molecular weight excluding hydrogens is 431 g/mol. The lowest BCUT2D eigenvalue weighted by atomic mass is 10.2. The highest BCUT2D eigenvalue weighted by Gasteiger charge is 2.15. The topological polar surface area (TPSA) is 89.6 Å². The number of rotatable bonds is 7. The van der Waals surface area contributed by atoms with Crippen LogP contribution in [0.3, 0.4) is 0 Å². The van der Waals surface area contributed by atoms with E-state index in [0.29, 0.717) is 44.5 Å². The molecule has 0 aliphatic rings. The molecule has 0 fully saturated rings. The van der Waals surface area contributed by atoms with E-state index in [1.165, 1.54) is 0 Å². The lowest BCUT2D eigenvalue weighted by molar-refractivity contribution is 0.0958. The first-order valence-corrected chi connectivity index (χ1v) is 10.3. The van der Waals surface area contributed by atoms with E-state index in [-0.39, 0.29) is 5.91 Å². The minimum absolute atomic E-state index is 0.327. The molecule has 0 saturated carbocycles. The van der Waals surface area contributed by atoms with E-state index in [1.54, 1.807) is 18.3 Å². The zero-order chi connectivity index (χ0) is 20.8. The number of nitrogens with one attached hydrogen (secondary N) is 1. The minimum atomic E-state index is -0.327. The van der Waals surface area contributed by atoms with Crippen molar-refractivity contribution in [2.75, 3.05) is 5.73 Å². The minimum Gasteiger partial charge on any atom is -0.489 e. The number of amides is 1. The number of halogens is 2. The van der Waals surface area contributed by atoms with Gasteiger partial charge in [0.2, 0.25) is 0 Å². The number of hydrazone groups is 1. The Morgan fingerprint density at radius 3 is 2.72 bits per heavy atom. The Labute approximate surface area is 182 Å². The van der Waals surface area contributed by atoms with E-state index in [0.717, 1.165) is 22.5 Å². The van der Waals surface area contributed by atoms with Crippen molar-refractivity contribution in [2.45, 2.75) is 20.0 Å². The number of benzene rings is 2. The second-order valence-corrected chi connectivity index (χ2v) is 7.85. The molecule has 6 nitrogen and oxygen atoms in total. The van der Waals surface area contributed by atoms with Gasteiger partial charge in [-0.1, -0.05) is 47.5 Å². The number of nitrogens with two attached hydrogens (primary N) is 1. The van der Waals surface area contributed by atoms with Crippen LogP contribution < -0.4 is 15.9 Å². The number of carbonyl (C=O) groups is 1. The van der Waals surface area contributed by atoms with Crippen molar-refractivity contribution >= 4 is 51.8 Å². The van der Waals surface area contributed by atoms with Gasteiger partial charge in [0, 0.05) is 15.6 Å². The molecule has 1 aromatic heterocycles. The predicted octanol–water partition coefficient (Wildman–Crippen LogP) is 4.94. The third-order valence-corrected chi connectivity index (χ3v) is 5.44. The molecule has 3 aromatic rings. The average Bonchev–Trinajstić information content (AvgIpc) is 3.09. The van der Waals surface area contributed by atoms with E-state index in [2.05, 4.69) is 15.5 Å². The molecule has 3 N–H and O–H groups in total. The van der Waals surface area contributed by atoms with Crippen LogP contribution in [0, 0.1) is 0 Å². The molecule has 0 bridgehead atoms. The highest BCUT2D eigenvalue weighted by atomic mass is 35.5. The van der Waals surface area contributed by atoms with E-state index < -0.39 is 0 Å². The van der Waals surface area contributed by atoms with Gasteiger partial charge in [0.15, 0.2) is 5.13 Å². The summed E-state index contributed by atoms with van der Waals surface area (Å²) in [4.78, 5) is 16.8. The molecule has 9 heteroatoms. The van der Waals surface area contributed by atoms with Gasteiger partial charge in [-0.25, -0.2) is 10.4 Å². The summed E-state index contributed by atoms with van der Waals surface area (Å²) in [5.74, 6) is 0.358. The predicted molar refractivity (Wildman–Crippen MR) is 118 cm³/mol. The van der Waals surface area contributed by atoms with Gasteiger partial charge in [0.1, 0.15) is 17.2 Å². The number of nitrogens with zero attached hydrogens (tertiary/aromatic N) is 2.